The molecule has 0 atom stereocenters. The van der Waals surface area contributed by atoms with Gasteiger partial charge in [-0.2, -0.15) is 0 Å². The Kier molecular flexibility index (Phi) is 6.23. The number of pyridine rings is 1. The number of aromatic nitrogens is 3. The molecule has 0 amide bonds. The van der Waals surface area contributed by atoms with Crippen molar-refractivity contribution in [3.8, 4) is 28.3 Å². The Morgan fingerprint density at radius 2 is 1.88 bits per heavy atom. The highest BCUT2D eigenvalue weighted by Crippen LogP contribution is 2.36. The molecule has 0 unspecified atom stereocenters. The van der Waals surface area contributed by atoms with Gasteiger partial charge < -0.3 is 4.74 Å². The third kappa shape index (κ3) is 4.56. The molecule has 162 valence electrons. The van der Waals surface area contributed by atoms with Crippen LogP contribution in [-0.2, 0) is 6.54 Å². The van der Waals surface area contributed by atoms with Gasteiger partial charge in [0.15, 0.2) is 5.82 Å². The van der Waals surface area contributed by atoms with Crippen LogP contribution in [0.3, 0.4) is 0 Å². The summed E-state index contributed by atoms with van der Waals surface area (Å²) in [6, 6.07) is 16.5. The van der Waals surface area contributed by atoms with E-state index in [-0.39, 0.29) is 0 Å². The Morgan fingerprint density at radius 1 is 1.03 bits per heavy atom. The van der Waals surface area contributed by atoms with E-state index < -0.39 is 0 Å². The minimum atomic E-state index is 0.402. The summed E-state index contributed by atoms with van der Waals surface area (Å²) in [6.45, 7) is 3.20. The van der Waals surface area contributed by atoms with E-state index in [1.165, 1.54) is 4.88 Å². The molecule has 0 saturated carbocycles. The first-order valence-electron chi connectivity index (χ1n) is 11.0. The van der Waals surface area contributed by atoms with Crippen LogP contribution in [0.25, 0.3) is 22.5 Å². The van der Waals surface area contributed by atoms with Crippen molar-refractivity contribution in [2.75, 3.05) is 20.2 Å². The summed E-state index contributed by atoms with van der Waals surface area (Å²) >= 11 is 1.84. The van der Waals surface area contributed by atoms with E-state index >= 15 is 0 Å². The van der Waals surface area contributed by atoms with Gasteiger partial charge in [0.1, 0.15) is 5.75 Å². The maximum atomic E-state index is 5.47. The molecule has 32 heavy (non-hydrogen) atoms. The molecule has 1 aliphatic heterocycles. The van der Waals surface area contributed by atoms with Gasteiger partial charge in [-0.3, -0.25) is 9.88 Å². The molecule has 1 aromatic carbocycles. The Labute approximate surface area is 192 Å². The van der Waals surface area contributed by atoms with Crippen molar-refractivity contribution in [1.82, 2.24) is 19.9 Å². The van der Waals surface area contributed by atoms with E-state index in [1.807, 2.05) is 41.8 Å². The van der Waals surface area contributed by atoms with Crippen molar-refractivity contribution in [2.24, 2.45) is 0 Å². The van der Waals surface area contributed by atoms with Crippen LogP contribution in [0.4, 0.5) is 0 Å². The lowest BCUT2D eigenvalue weighted by Crippen LogP contribution is -2.32. The molecule has 0 radical (unpaired) electrons. The van der Waals surface area contributed by atoms with Crippen molar-refractivity contribution in [2.45, 2.75) is 25.3 Å². The minimum absolute atomic E-state index is 0.402. The van der Waals surface area contributed by atoms with E-state index in [1.54, 1.807) is 19.5 Å². The fourth-order valence-electron chi connectivity index (χ4n) is 4.35. The van der Waals surface area contributed by atoms with Gasteiger partial charge in [0, 0.05) is 47.1 Å². The summed E-state index contributed by atoms with van der Waals surface area (Å²) in [5.74, 6) is 2.01. The highest BCUT2D eigenvalue weighted by molar-refractivity contribution is 7.09. The van der Waals surface area contributed by atoms with Crippen LogP contribution in [0.1, 0.15) is 29.3 Å². The molecule has 0 aliphatic carbocycles. The van der Waals surface area contributed by atoms with E-state index in [4.69, 9.17) is 14.7 Å². The van der Waals surface area contributed by atoms with Crippen LogP contribution in [-0.4, -0.2) is 40.1 Å². The fourth-order valence-corrected chi connectivity index (χ4v) is 5.09. The lowest BCUT2D eigenvalue weighted by atomic mass is 9.88. The normalized spacial score (nSPS) is 15.0. The molecule has 1 aliphatic rings. The monoisotopic (exact) mass is 442 g/mol. The van der Waals surface area contributed by atoms with Crippen LogP contribution in [0.2, 0.25) is 0 Å². The lowest BCUT2D eigenvalue weighted by Gasteiger charge is -2.32. The predicted octanol–water partition coefficient (Wildman–Crippen LogP) is 5.66. The number of likely N-dealkylation sites (tertiary alicyclic amines) is 1. The van der Waals surface area contributed by atoms with Crippen molar-refractivity contribution < 1.29 is 4.74 Å². The second-order valence-electron chi connectivity index (χ2n) is 8.09. The third-order valence-electron chi connectivity index (χ3n) is 6.07. The summed E-state index contributed by atoms with van der Waals surface area (Å²) < 4.78 is 5.47. The van der Waals surface area contributed by atoms with Gasteiger partial charge in [-0.15, -0.1) is 11.3 Å². The van der Waals surface area contributed by atoms with Crippen LogP contribution in [0.15, 0.2) is 72.5 Å². The molecule has 0 bridgehead atoms. The standard InChI is InChI=1S/C26H26N4OS/c1-31-22-5-2-4-21(16-22)24-17-28-26(20-7-11-27-12-8-20)29-25(24)19-9-13-30(14-10-19)18-23-6-3-15-32-23/h2-8,11-12,15-17,19H,9-10,13-14,18H2,1H3. The van der Waals surface area contributed by atoms with E-state index in [0.717, 1.165) is 66.4 Å². The molecule has 4 aromatic rings. The zero-order chi connectivity index (χ0) is 21.8. The van der Waals surface area contributed by atoms with Crippen LogP contribution in [0, 0.1) is 0 Å². The van der Waals surface area contributed by atoms with Gasteiger partial charge in [0.2, 0.25) is 0 Å². The molecule has 6 heteroatoms. The quantitative estimate of drug-likeness (QED) is 0.386. The first kappa shape index (κ1) is 20.8. The van der Waals surface area contributed by atoms with Gasteiger partial charge in [0.05, 0.1) is 12.8 Å². The van der Waals surface area contributed by atoms with E-state index in [9.17, 15) is 0 Å². The number of nitrogens with zero attached hydrogens (tertiary/aromatic N) is 4. The van der Waals surface area contributed by atoms with Gasteiger partial charge in [-0.05, 0) is 67.2 Å². The van der Waals surface area contributed by atoms with Gasteiger partial charge >= 0.3 is 0 Å². The second kappa shape index (κ2) is 9.59. The Bertz CT molecular complexity index is 1160. The smallest absolute Gasteiger partial charge is 0.159 e. The largest absolute Gasteiger partial charge is 0.497 e. The minimum Gasteiger partial charge on any atom is -0.497 e. The maximum Gasteiger partial charge on any atom is 0.159 e. The topological polar surface area (TPSA) is 51.1 Å². The van der Waals surface area contributed by atoms with Crippen LogP contribution >= 0.6 is 11.3 Å². The van der Waals surface area contributed by atoms with Crippen LogP contribution < -0.4 is 4.74 Å². The number of hydrogen-bond donors (Lipinski definition) is 0. The highest BCUT2D eigenvalue weighted by atomic mass is 32.1. The molecule has 0 N–H and O–H groups in total. The van der Waals surface area contributed by atoms with Crippen molar-refractivity contribution in [3.05, 3.63) is 83.1 Å². The summed E-state index contributed by atoms with van der Waals surface area (Å²) in [5, 5.41) is 2.16. The molecule has 5 nitrogen and oxygen atoms in total. The van der Waals surface area contributed by atoms with Crippen molar-refractivity contribution >= 4 is 11.3 Å². The molecule has 3 aromatic heterocycles. The van der Waals surface area contributed by atoms with E-state index in [0.29, 0.717) is 5.92 Å². The summed E-state index contributed by atoms with van der Waals surface area (Å²) in [5.41, 5.74) is 4.32. The first-order chi connectivity index (χ1) is 15.8. The first-order valence-corrected chi connectivity index (χ1v) is 11.8. The van der Waals surface area contributed by atoms with E-state index in [2.05, 4.69) is 39.5 Å². The number of piperidine rings is 1. The highest BCUT2D eigenvalue weighted by Gasteiger charge is 2.25. The molecular formula is C26H26N4OS. The molecular weight excluding hydrogens is 416 g/mol. The second-order valence-corrected chi connectivity index (χ2v) is 9.12. The summed E-state index contributed by atoms with van der Waals surface area (Å²) in [7, 11) is 1.70. The maximum absolute atomic E-state index is 5.47. The van der Waals surface area contributed by atoms with Gasteiger partial charge in [-0.25, -0.2) is 9.97 Å². The zero-order valence-electron chi connectivity index (χ0n) is 18.1. The Morgan fingerprint density at radius 3 is 2.62 bits per heavy atom. The summed E-state index contributed by atoms with van der Waals surface area (Å²) in [4.78, 5) is 17.9. The zero-order valence-corrected chi connectivity index (χ0v) is 19.0. The average Bonchev–Trinajstić information content (AvgIpc) is 3.38. The number of benzene rings is 1. The molecule has 0 spiro atoms. The molecule has 5 rings (SSSR count). The summed E-state index contributed by atoms with van der Waals surface area (Å²) in [6.07, 6.45) is 7.74. The van der Waals surface area contributed by atoms with Crippen molar-refractivity contribution in [3.63, 3.8) is 0 Å². The Hall–Kier alpha value is -3.09. The average molecular weight is 443 g/mol. The number of thiophene rings is 1. The van der Waals surface area contributed by atoms with Crippen LogP contribution in [0.5, 0.6) is 5.75 Å². The van der Waals surface area contributed by atoms with Gasteiger partial charge in [0.25, 0.3) is 0 Å². The third-order valence-corrected chi connectivity index (χ3v) is 6.93. The number of ether oxygens (including phenoxy) is 1. The molecule has 1 saturated heterocycles. The molecule has 4 heterocycles. The Balaban J connectivity index is 1.45. The molecule has 1 fully saturated rings. The fraction of sp³-hybridized carbons (Fsp3) is 0.269. The van der Waals surface area contributed by atoms with Crippen molar-refractivity contribution in [1.29, 1.82) is 0 Å². The lowest BCUT2D eigenvalue weighted by molar-refractivity contribution is 0.205. The number of hydrogen-bond acceptors (Lipinski definition) is 6. The predicted molar refractivity (Wildman–Crippen MR) is 129 cm³/mol. The number of methoxy groups -OCH3 is 1. The number of rotatable bonds is 6. The SMILES string of the molecule is COc1cccc(-c2cnc(-c3ccncc3)nc2C2CCN(Cc3cccs3)CC2)c1. The van der Waals surface area contributed by atoms with Gasteiger partial charge in [-0.1, -0.05) is 18.2 Å².